The number of amides is 2. The molecule has 0 spiro atoms. The van der Waals surface area contributed by atoms with Gasteiger partial charge in [-0.1, -0.05) is 35.5 Å². The standard InChI is InChI=1S/C19H24FN5O3/c1-2-28-13-18(26)25-10-15(20)8-16(25)11-24-12-17(22-23-24)19(27)21-9-14-6-4-3-5-7-14/h3-7,12,15-16H,2,8-11,13H2,1H3,(H,21,27). The van der Waals surface area contributed by atoms with E-state index in [1.807, 2.05) is 30.3 Å². The van der Waals surface area contributed by atoms with E-state index >= 15 is 0 Å². The number of carbonyl (C=O) groups is 2. The summed E-state index contributed by atoms with van der Waals surface area (Å²) >= 11 is 0. The first-order chi connectivity index (χ1) is 13.6. The zero-order chi connectivity index (χ0) is 19.9. The van der Waals surface area contributed by atoms with Crippen molar-refractivity contribution in [2.45, 2.75) is 38.6 Å². The van der Waals surface area contributed by atoms with Crippen molar-refractivity contribution in [3.05, 3.63) is 47.8 Å². The van der Waals surface area contributed by atoms with Crippen LogP contribution in [0.2, 0.25) is 0 Å². The molecule has 2 unspecified atom stereocenters. The van der Waals surface area contributed by atoms with Crippen LogP contribution in [0.1, 0.15) is 29.4 Å². The third-order valence-corrected chi connectivity index (χ3v) is 4.58. The second kappa shape index (κ2) is 9.41. The van der Waals surface area contributed by atoms with Crippen molar-refractivity contribution >= 4 is 11.8 Å². The minimum Gasteiger partial charge on any atom is -0.372 e. The molecule has 8 nitrogen and oxygen atoms in total. The van der Waals surface area contributed by atoms with Gasteiger partial charge in [-0.05, 0) is 12.5 Å². The fourth-order valence-electron chi connectivity index (χ4n) is 3.19. The molecule has 1 fully saturated rings. The summed E-state index contributed by atoms with van der Waals surface area (Å²) in [4.78, 5) is 25.9. The number of rotatable bonds is 8. The van der Waals surface area contributed by atoms with E-state index in [1.165, 1.54) is 15.8 Å². The number of nitrogens with zero attached hydrogens (tertiary/aromatic N) is 4. The van der Waals surface area contributed by atoms with E-state index in [2.05, 4.69) is 15.6 Å². The van der Waals surface area contributed by atoms with E-state index in [-0.39, 0.29) is 49.7 Å². The molecular formula is C19H24FN5O3. The Labute approximate surface area is 162 Å². The lowest BCUT2D eigenvalue weighted by Gasteiger charge is -2.23. The van der Waals surface area contributed by atoms with Crippen molar-refractivity contribution in [2.75, 3.05) is 19.8 Å². The minimum absolute atomic E-state index is 0.0513. The molecule has 1 saturated heterocycles. The summed E-state index contributed by atoms with van der Waals surface area (Å²) < 4.78 is 20.5. The SMILES string of the molecule is CCOCC(=O)N1CC(F)CC1Cn1cc(C(=O)NCc2ccccc2)nn1. The van der Waals surface area contributed by atoms with Crippen LogP contribution in [0, 0.1) is 0 Å². The van der Waals surface area contributed by atoms with Gasteiger partial charge in [0.2, 0.25) is 5.91 Å². The molecule has 1 aromatic heterocycles. The van der Waals surface area contributed by atoms with Crippen LogP contribution in [0.3, 0.4) is 0 Å². The fraction of sp³-hybridized carbons (Fsp3) is 0.474. The number of halogens is 1. The predicted octanol–water partition coefficient (Wildman–Crippen LogP) is 1.18. The highest BCUT2D eigenvalue weighted by atomic mass is 19.1. The molecule has 3 rings (SSSR count). The quantitative estimate of drug-likeness (QED) is 0.732. The second-order valence-corrected chi connectivity index (χ2v) is 6.66. The highest BCUT2D eigenvalue weighted by Crippen LogP contribution is 2.22. The van der Waals surface area contributed by atoms with Crippen LogP contribution >= 0.6 is 0 Å². The van der Waals surface area contributed by atoms with Gasteiger partial charge < -0.3 is 15.0 Å². The van der Waals surface area contributed by atoms with Crippen molar-refractivity contribution in [3.63, 3.8) is 0 Å². The van der Waals surface area contributed by atoms with Gasteiger partial charge in [-0.3, -0.25) is 9.59 Å². The Morgan fingerprint density at radius 2 is 2.11 bits per heavy atom. The first-order valence-corrected chi connectivity index (χ1v) is 9.30. The van der Waals surface area contributed by atoms with Gasteiger partial charge in [0, 0.05) is 19.6 Å². The summed E-state index contributed by atoms with van der Waals surface area (Å²) in [6, 6.07) is 9.19. The maximum atomic E-state index is 13.9. The molecule has 28 heavy (non-hydrogen) atoms. The Morgan fingerprint density at radius 1 is 1.32 bits per heavy atom. The van der Waals surface area contributed by atoms with Crippen molar-refractivity contribution in [3.8, 4) is 0 Å². The zero-order valence-corrected chi connectivity index (χ0v) is 15.8. The Morgan fingerprint density at radius 3 is 2.86 bits per heavy atom. The highest BCUT2D eigenvalue weighted by Gasteiger charge is 2.35. The van der Waals surface area contributed by atoms with Crippen LogP contribution < -0.4 is 5.32 Å². The van der Waals surface area contributed by atoms with Gasteiger partial charge in [-0.2, -0.15) is 0 Å². The summed E-state index contributed by atoms with van der Waals surface area (Å²) in [7, 11) is 0. The average molecular weight is 389 g/mol. The van der Waals surface area contributed by atoms with Crippen molar-refractivity contribution in [1.29, 1.82) is 0 Å². The van der Waals surface area contributed by atoms with E-state index in [0.717, 1.165) is 5.56 Å². The lowest BCUT2D eigenvalue weighted by Crippen LogP contribution is -2.40. The van der Waals surface area contributed by atoms with Gasteiger partial charge >= 0.3 is 0 Å². The van der Waals surface area contributed by atoms with Crippen molar-refractivity contribution < 1.29 is 18.7 Å². The summed E-state index contributed by atoms with van der Waals surface area (Å²) in [5, 5.41) is 10.6. The minimum atomic E-state index is -1.08. The number of likely N-dealkylation sites (tertiary alicyclic amines) is 1. The molecule has 0 radical (unpaired) electrons. The molecule has 1 N–H and O–H groups in total. The lowest BCUT2D eigenvalue weighted by atomic mass is 10.2. The van der Waals surface area contributed by atoms with Crippen LogP contribution in [0.25, 0.3) is 0 Å². The molecule has 1 aliphatic rings. The molecule has 9 heteroatoms. The molecule has 0 saturated carbocycles. The molecule has 2 atom stereocenters. The molecule has 2 heterocycles. The van der Waals surface area contributed by atoms with Gasteiger partial charge in [0.1, 0.15) is 12.8 Å². The molecule has 150 valence electrons. The Kier molecular flexibility index (Phi) is 6.70. The van der Waals surface area contributed by atoms with Gasteiger partial charge in [0.05, 0.1) is 25.3 Å². The first-order valence-electron chi connectivity index (χ1n) is 9.30. The van der Waals surface area contributed by atoms with Gasteiger partial charge in [-0.25, -0.2) is 9.07 Å². The Balaban J connectivity index is 1.57. The van der Waals surface area contributed by atoms with E-state index < -0.39 is 6.17 Å². The van der Waals surface area contributed by atoms with Crippen LogP contribution in [-0.2, 0) is 22.6 Å². The number of hydrogen-bond donors (Lipinski definition) is 1. The molecule has 0 bridgehead atoms. The van der Waals surface area contributed by atoms with Crippen molar-refractivity contribution in [1.82, 2.24) is 25.2 Å². The highest BCUT2D eigenvalue weighted by molar-refractivity contribution is 5.91. The maximum Gasteiger partial charge on any atom is 0.273 e. The molecular weight excluding hydrogens is 365 g/mol. The normalized spacial score (nSPS) is 19.0. The zero-order valence-electron chi connectivity index (χ0n) is 15.8. The van der Waals surface area contributed by atoms with E-state index in [4.69, 9.17) is 4.74 Å². The number of benzene rings is 1. The number of hydrogen-bond acceptors (Lipinski definition) is 5. The summed E-state index contributed by atoms with van der Waals surface area (Å²) in [5.41, 5.74) is 1.16. The number of alkyl halides is 1. The van der Waals surface area contributed by atoms with Crippen LogP contribution in [0.4, 0.5) is 4.39 Å². The lowest BCUT2D eigenvalue weighted by molar-refractivity contribution is -0.137. The first kappa shape index (κ1) is 19.9. The van der Waals surface area contributed by atoms with Crippen LogP contribution in [0.15, 0.2) is 36.5 Å². The largest absolute Gasteiger partial charge is 0.372 e. The number of ether oxygens (including phenoxy) is 1. The average Bonchev–Trinajstić information content (AvgIpc) is 3.32. The second-order valence-electron chi connectivity index (χ2n) is 6.66. The summed E-state index contributed by atoms with van der Waals surface area (Å²) in [6.45, 7) is 2.87. The van der Waals surface area contributed by atoms with E-state index in [9.17, 15) is 14.0 Å². The van der Waals surface area contributed by atoms with Gasteiger partial charge in [0.25, 0.3) is 5.91 Å². The summed E-state index contributed by atoms with van der Waals surface area (Å²) in [6.07, 6.45) is 0.664. The molecule has 0 aliphatic carbocycles. The van der Waals surface area contributed by atoms with Crippen LogP contribution in [-0.4, -0.2) is 63.7 Å². The molecule has 2 aromatic rings. The fourth-order valence-corrected chi connectivity index (χ4v) is 3.19. The Bertz CT molecular complexity index is 798. The molecule has 1 aromatic carbocycles. The smallest absolute Gasteiger partial charge is 0.273 e. The van der Waals surface area contributed by atoms with E-state index in [1.54, 1.807) is 6.92 Å². The Hall–Kier alpha value is -2.81. The molecule has 1 aliphatic heterocycles. The topological polar surface area (TPSA) is 89.4 Å². The third-order valence-electron chi connectivity index (χ3n) is 4.58. The number of carbonyl (C=O) groups excluding carboxylic acids is 2. The van der Waals surface area contributed by atoms with Gasteiger partial charge in [0.15, 0.2) is 5.69 Å². The molecule has 2 amide bonds. The summed E-state index contributed by atoms with van der Waals surface area (Å²) in [5.74, 6) is -0.581. The van der Waals surface area contributed by atoms with E-state index in [0.29, 0.717) is 13.2 Å². The number of nitrogens with one attached hydrogen (secondary N) is 1. The van der Waals surface area contributed by atoms with Crippen molar-refractivity contribution in [2.24, 2.45) is 0 Å². The monoisotopic (exact) mass is 389 g/mol. The third kappa shape index (κ3) is 5.13. The maximum absolute atomic E-state index is 13.9. The number of aromatic nitrogens is 3. The van der Waals surface area contributed by atoms with Gasteiger partial charge in [-0.15, -0.1) is 5.10 Å². The predicted molar refractivity (Wildman–Crippen MR) is 99.1 cm³/mol. The van der Waals surface area contributed by atoms with Crippen LogP contribution in [0.5, 0.6) is 0 Å².